The maximum absolute atomic E-state index is 13.0. The van der Waals surface area contributed by atoms with Gasteiger partial charge in [-0.2, -0.15) is 18.3 Å². The van der Waals surface area contributed by atoms with Gasteiger partial charge in [0.05, 0.1) is 12.2 Å². The zero-order valence-corrected chi connectivity index (χ0v) is 17.6. The van der Waals surface area contributed by atoms with Crippen LogP contribution in [0.5, 0.6) is 0 Å². The zero-order valence-electron chi connectivity index (χ0n) is 17.6. The number of rotatable bonds is 5. The van der Waals surface area contributed by atoms with Crippen molar-refractivity contribution >= 4 is 0 Å². The van der Waals surface area contributed by atoms with Crippen LogP contribution in [0.3, 0.4) is 0 Å². The van der Waals surface area contributed by atoms with Crippen molar-refractivity contribution in [3.05, 3.63) is 50.7 Å². The van der Waals surface area contributed by atoms with E-state index in [1.165, 1.54) is 12.6 Å². The lowest BCUT2D eigenvalue weighted by Crippen LogP contribution is -2.47. The van der Waals surface area contributed by atoms with Gasteiger partial charge in [0.1, 0.15) is 0 Å². The molecule has 0 aliphatic carbocycles. The first-order chi connectivity index (χ1) is 14.1. The molecule has 4 rings (SSSR count). The number of aromatic amines is 1. The third kappa shape index (κ3) is 4.32. The Kier molecular flexibility index (Phi) is 5.52. The van der Waals surface area contributed by atoms with Crippen molar-refractivity contribution in [2.24, 2.45) is 5.92 Å². The second-order valence-corrected chi connectivity index (χ2v) is 8.89. The fourth-order valence-electron chi connectivity index (χ4n) is 5.02. The molecule has 2 aromatic rings. The number of halogens is 3. The number of aromatic nitrogens is 3. The maximum atomic E-state index is 13.0. The van der Waals surface area contributed by atoms with Gasteiger partial charge in [0.25, 0.3) is 5.56 Å². The molecule has 2 aliphatic heterocycles. The number of hydrogen-bond acceptors (Lipinski definition) is 4. The summed E-state index contributed by atoms with van der Waals surface area (Å²) >= 11 is 0. The van der Waals surface area contributed by atoms with Crippen LogP contribution in [0.1, 0.15) is 40.5 Å². The molecule has 0 radical (unpaired) electrons. The van der Waals surface area contributed by atoms with Gasteiger partial charge in [0.15, 0.2) is 0 Å². The molecule has 6 nitrogen and oxygen atoms in total. The Hall–Kier alpha value is -2.13. The van der Waals surface area contributed by atoms with Gasteiger partial charge in [-0.05, 0) is 39.3 Å². The Morgan fingerprint density at radius 1 is 1.23 bits per heavy atom. The molecule has 0 amide bonds. The molecule has 0 aromatic carbocycles. The summed E-state index contributed by atoms with van der Waals surface area (Å²) < 4.78 is 39.7. The normalized spacial score (nSPS) is 21.8. The molecule has 1 fully saturated rings. The minimum atomic E-state index is -4.27. The molecule has 4 heterocycles. The molecule has 0 saturated carbocycles. The molecule has 2 atom stereocenters. The van der Waals surface area contributed by atoms with Crippen LogP contribution in [0.15, 0.2) is 16.9 Å². The molecule has 30 heavy (non-hydrogen) atoms. The number of likely N-dealkylation sites (tertiary alicyclic amines) is 1. The molecule has 0 spiro atoms. The van der Waals surface area contributed by atoms with Gasteiger partial charge in [0.2, 0.25) is 0 Å². The van der Waals surface area contributed by atoms with Gasteiger partial charge >= 0.3 is 6.18 Å². The first-order valence-corrected chi connectivity index (χ1v) is 10.3. The smallest absolute Gasteiger partial charge is 0.312 e. The summed E-state index contributed by atoms with van der Waals surface area (Å²) in [6.07, 6.45) is -3.22. The predicted molar refractivity (Wildman–Crippen MR) is 107 cm³/mol. The molecule has 2 aliphatic rings. The van der Waals surface area contributed by atoms with E-state index in [1.54, 1.807) is 10.6 Å². The third-order valence-electron chi connectivity index (χ3n) is 6.31. The highest BCUT2D eigenvalue weighted by Gasteiger charge is 2.35. The van der Waals surface area contributed by atoms with Crippen molar-refractivity contribution in [3.8, 4) is 0 Å². The second kappa shape index (κ2) is 7.85. The van der Waals surface area contributed by atoms with Crippen LogP contribution in [0.4, 0.5) is 13.2 Å². The monoisotopic (exact) mass is 423 g/mol. The largest absolute Gasteiger partial charge is 0.401 e. The molecular formula is C21H28F3N5O. The van der Waals surface area contributed by atoms with Crippen LogP contribution in [0.25, 0.3) is 0 Å². The minimum absolute atomic E-state index is 0.000868. The number of aryl methyl sites for hydroxylation is 2. The maximum Gasteiger partial charge on any atom is 0.401 e. The van der Waals surface area contributed by atoms with E-state index in [4.69, 9.17) is 0 Å². The number of nitrogens with one attached hydrogen (secondary N) is 1. The summed E-state index contributed by atoms with van der Waals surface area (Å²) in [6.45, 7) is 6.26. The van der Waals surface area contributed by atoms with E-state index in [2.05, 4.69) is 15.1 Å². The first-order valence-electron chi connectivity index (χ1n) is 10.3. The number of fused-ring (bicyclic) bond motifs is 4. The Labute approximate surface area is 173 Å². The van der Waals surface area contributed by atoms with Gasteiger partial charge in [-0.15, -0.1) is 0 Å². The lowest BCUT2D eigenvalue weighted by Gasteiger charge is -2.43. The standard InChI is InChI=1S/C21H28F3N5O/c1-13-18(14(2)26-25-13)11-28-7-15-6-17(10-28)19-5-4-16(20(30)29(19)8-15)9-27(3)12-21(22,23)24/h4-5,15,17H,6-12H2,1-3H3,(H,25,26)/t15-,17+/m0/s1. The lowest BCUT2D eigenvalue weighted by molar-refractivity contribution is -0.144. The Morgan fingerprint density at radius 2 is 2.00 bits per heavy atom. The number of hydrogen-bond donors (Lipinski definition) is 1. The van der Waals surface area contributed by atoms with Gasteiger partial charge in [0, 0.05) is 61.2 Å². The molecule has 164 valence electrons. The topological polar surface area (TPSA) is 57.2 Å². The van der Waals surface area contributed by atoms with E-state index < -0.39 is 12.7 Å². The number of piperidine rings is 1. The van der Waals surface area contributed by atoms with E-state index in [-0.39, 0.29) is 18.0 Å². The molecule has 0 unspecified atom stereocenters. The molecule has 2 aromatic heterocycles. The number of pyridine rings is 1. The number of H-pyrrole nitrogens is 1. The van der Waals surface area contributed by atoms with E-state index in [0.29, 0.717) is 18.0 Å². The van der Waals surface area contributed by atoms with Crippen molar-refractivity contribution in [3.63, 3.8) is 0 Å². The lowest BCUT2D eigenvalue weighted by atomic mass is 9.82. The summed E-state index contributed by atoms with van der Waals surface area (Å²) in [4.78, 5) is 16.6. The van der Waals surface area contributed by atoms with Gasteiger partial charge in [-0.1, -0.05) is 6.07 Å². The first kappa shape index (κ1) is 21.1. The Bertz CT molecular complexity index is 960. The highest BCUT2D eigenvalue weighted by Crippen LogP contribution is 2.36. The highest BCUT2D eigenvalue weighted by molar-refractivity contribution is 5.25. The molecule has 9 heteroatoms. The van der Waals surface area contributed by atoms with Crippen LogP contribution in [-0.4, -0.2) is 57.4 Å². The van der Waals surface area contributed by atoms with Crippen LogP contribution in [-0.2, 0) is 19.6 Å². The SMILES string of the molecule is Cc1n[nH]c(C)c1CN1C[C@@H]2C[C@H](C1)c1ccc(CN(C)CC(F)(F)F)c(=O)n1C2. The van der Waals surface area contributed by atoms with Crippen LogP contribution in [0.2, 0.25) is 0 Å². The molecule has 2 bridgehead atoms. The fourth-order valence-corrected chi connectivity index (χ4v) is 5.02. The van der Waals surface area contributed by atoms with Crippen LogP contribution < -0.4 is 5.56 Å². The molecular weight excluding hydrogens is 395 g/mol. The zero-order chi connectivity index (χ0) is 21.6. The number of alkyl halides is 3. The van der Waals surface area contributed by atoms with Crippen molar-refractivity contribution in [1.29, 1.82) is 0 Å². The Morgan fingerprint density at radius 3 is 2.67 bits per heavy atom. The summed E-state index contributed by atoms with van der Waals surface area (Å²) in [5.74, 6) is 0.629. The van der Waals surface area contributed by atoms with Crippen LogP contribution in [0, 0.1) is 19.8 Å². The average Bonchev–Trinajstić information content (AvgIpc) is 2.95. The number of nitrogens with zero attached hydrogens (tertiary/aromatic N) is 4. The average molecular weight is 423 g/mol. The highest BCUT2D eigenvalue weighted by atomic mass is 19.4. The van der Waals surface area contributed by atoms with Crippen molar-refractivity contribution < 1.29 is 13.2 Å². The van der Waals surface area contributed by atoms with Crippen molar-refractivity contribution in [1.82, 2.24) is 24.6 Å². The van der Waals surface area contributed by atoms with E-state index in [9.17, 15) is 18.0 Å². The molecule has 1 N–H and O–H groups in total. The predicted octanol–water partition coefficient (Wildman–Crippen LogP) is 2.80. The van der Waals surface area contributed by atoms with Crippen molar-refractivity contribution in [2.75, 3.05) is 26.7 Å². The van der Waals surface area contributed by atoms with E-state index >= 15 is 0 Å². The summed E-state index contributed by atoms with van der Waals surface area (Å²) in [5, 5.41) is 7.32. The Balaban J connectivity index is 1.51. The van der Waals surface area contributed by atoms with Gasteiger partial charge < -0.3 is 4.57 Å². The summed E-state index contributed by atoms with van der Waals surface area (Å²) in [5.41, 5.74) is 4.62. The fraction of sp³-hybridized carbons (Fsp3) is 0.619. The van der Waals surface area contributed by atoms with Gasteiger partial charge in [-0.25, -0.2) is 0 Å². The second-order valence-electron chi connectivity index (χ2n) is 8.89. The summed E-state index contributed by atoms with van der Waals surface area (Å²) in [7, 11) is 1.39. The van der Waals surface area contributed by atoms with Gasteiger partial charge in [-0.3, -0.25) is 19.7 Å². The van der Waals surface area contributed by atoms with Crippen LogP contribution >= 0.6 is 0 Å². The van der Waals surface area contributed by atoms with E-state index in [0.717, 1.165) is 48.0 Å². The quantitative estimate of drug-likeness (QED) is 0.804. The third-order valence-corrected chi connectivity index (χ3v) is 6.31. The van der Waals surface area contributed by atoms with E-state index in [1.807, 2.05) is 19.9 Å². The molecule has 1 saturated heterocycles. The van der Waals surface area contributed by atoms with Crippen molar-refractivity contribution in [2.45, 2.75) is 52.0 Å². The minimum Gasteiger partial charge on any atom is -0.312 e. The summed E-state index contributed by atoms with van der Waals surface area (Å²) in [6, 6.07) is 3.65.